The van der Waals surface area contributed by atoms with Crippen molar-refractivity contribution in [2.45, 2.75) is 20.8 Å². The van der Waals surface area contributed by atoms with E-state index in [1.54, 1.807) is 0 Å². The van der Waals surface area contributed by atoms with Crippen molar-refractivity contribution in [1.29, 1.82) is 5.41 Å². The van der Waals surface area contributed by atoms with E-state index in [0.29, 0.717) is 0 Å². The number of hydrogen-bond acceptors (Lipinski definition) is 1. The Labute approximate surface area is 91.7 Å². The monoisotopic (exact) mass is 199 g/mol. The SMILES string of the molecule is CC(C)=C/C=C(\C=N)c1cccc(C)c1. The maximum atomic E-state index is 7.39. The normalized spacial score (nSPS) is 11.0. The predicted molar refractivity (Wildman–Crippen MR) is 67.4 cm³/mol. The lowest BCUT2D eigenvalue weighted by Crippen LogP contribution is -1.85. The molecule has 15 heavy (non-hydrogen) atoms. The molecule has 0 aliphatic carbocycles. The summed E-state index contributed by atoms with van der Waals surface area (Å²) in [7, 11) is 0. The van der Waals surface area contributed by atoms with Gasteiger partial charge in [0.05, 0.1) is 0 Å². The van der Waals surface area contributed by atoms with Gasteiger partial charge in [0, 0.05) is 6.21 Å². The molecule has 0 saturated carbocycles. The van der Waals surface area contributed by atoms with Crippen molar-refractivity contribution in [3.05, 3.63) is 53.1 Å². The van der Waals surface area contributed by atoms with Gasteiger partial charge in [-0.1, -0.05) is 47.6 Å². The second-order valence-corrected chi connectivity index (χ2v) is 3.88. The highest BCUT2D eigenvalue weighted by Crippen LogP contribution is 2.14. The summed E-state index contributed by atoms with van der Waals surface area (Å²) in [5.74, 6) is 0. The van der Waals surface area contributed by atoms with E-state index in [1.165, 1.54) is 17.4 Å². The van der Waals surface area contributed by atoms with Crippen LogP contribution in [0.25, 0.3) is 5.57 Å². The van der Waals surface area contributed by atoms with Gasteiger partial charge < -0.3 is 5.41 Å². The van der Waals surface area contributed by atoms with Crippen LogP contribution in [-0.4, -0.2) is 6.21 Å². The molecule has 0 aromatic heterocycles. The lowest BCUT2D eigenvalue weighted by molar-refractivity contribution is 1.39. The Hall–Kier alpha value is -1.63. The lowest BCUT2D eigenvalue weighted by Gasteiger charge is -2.01. The quantitative estimate of drug-likeness (QED) is 0.562. The van der Waals surface area contributed by atoms with Gasteiger partial charge in [-0.15, -0.1) is 0 Å². The third kappa shape index (κ3) is 3.55. The minimum Gasteiger partial charge on any atom is -0.308 e. The Morgan fingerprint density at radius 3 is 2.47 bits per heavy atom. The van der Waals surface area contributed by atoms with Gasteiger partial charge in [0.2, 0.25) is 0 Å². The van der Waals surface area contributed by atoms with Crippen LogP contribution in [0.2, 0.25) is 0 Å². The summed E-state index contributed by atoms with van der Waals surface area (Å²) in [5, 5.41) is 7.39. The van der Waals surface area contributed by atoms with Crippen LogP contribution in [0.1, 0.15) is 25.0 Å². The fraction of sp³-hybridized carbons (Fsp3) is 0.214. The second kappa shape index (κ2) is 5.30. The van der Waals surface area contributed by atoms with E-state index in [4.69, 9.17) is 5.41 Å². The van der Waals surface area contributed by atoms with Crippen LogP contribution >= 0.6 is 0 Å². The van der Waals surface area contributed by atoms with E-state index in [9.17, 15) is 0 Å². The molecule has 1 rings (SSSR count). The summed E-state index contributed by atoms with van der Waals surface area (Å²) in [6, 6.07) is 8.20. The van der Waals surface area contributed by atoms with Crippen LogP contribution in [0.5, 0.6) is 0 Å². The van der Waals surface area contributed by atoms with Gasteiger partial charge in [0.15, 0.2) is 0 Å². The van der Waals surface area contributed by atoms with E-state index in [1.807, 2.05) is 38.1 Å². The van der Waals surface area contributed by atoms with Crippen molar-refractivity contribution in [2.24, 2.45) is 0 Å². The van der Waals surface area contributed by atoms with Crippen LogP contribution in [0, 0.1) is 12.3 Å². The number of benzene rings is 1. The van der Waals surface area contributed by atoms with Crippen molar-refractivity contribution in [3.8, 4) is 0 Å². The molecule has 0 heterocycles. The molecule has 78 valence electrons. The topological polar surface area (TPSA) is 23.9 Å². The zero-order valence-corrected chi connectivity index (χ0v) is 9.54. The molecular formula is C14H17N. The minimum absolute atomic E-state index is 0.944. The Balaban J connectivity index is 3.08. The third-order valence-electron chi connectivity index (χ3n) is 2.10. The number of rotatable bonds is 3. The summed E-state index contributed by atoms with van der Waals surface area (Å²) in [6.45, 7) is 6.16. The van der Waals surface area contributed by atoms with Gasteiger partial charge in [-0.25, -0.2) is 0 Å². The maximum absolute atomic E-state index is 7.39. The summed E-state index contributed by atoms with van der Waals surface area (Å²) < 4.78 is 0. The van der Waals surface area contributed by atoms with E-state index >= 15 is 0 Å². The molecule has 1 N–H and O–H groups in total. The Kier molecular flexibility index (Phi) is 4.04. The first-order valence-corrected chi connectivity index (χ1v) is 5.06. The maximum Gasteiger partial charge on any atom is 0.0256 e. The summed E-state index contributed by atoms with van der Waals surface area (Å²) >= 11 is 0. The fourth-order valence-electron chi connectivity index (χ4n) is 1.31. The molecule has 0 atom stereocenters. The van der Waals surface area contributed by atoms with Crippen LogP contribution < -0.4 is 0 Å². The largest absolute Gasteiger partial charge is 0.308 e. The molecular weight excluding hydrogens is 182 g/mol. The van der Waals surface area contributed by atoms with E-state index in [2.05, 4.69) is 19.1 Å². The van der Waals surface area contributed by atoms with Crippen LogP contribution in [0.3, 0.4) is 0 Å². The highest BCUT2D eigenvalue weighted by Gasteiger charge is 1.96. The fourth-order valence-corrected chi connectivity index (χ4v) is 1.31. The van der Waals surface area contributed by atoms with Crippen molar-refractivity contribution in [1.82, 2.24) is 0 Å². The highest BCUT2D eigenvalue weighted by molar-refractivity contribution is 6.08. The molecule has 1 aromatic carbocycles. The first kappa shape index (κ1) is 11.4. The van der Waals surface area contributed by atoms with Gasteiger partial charge in [0.25, 0.3) is 0 Å². The van der Waals surface area contributed by atoms with Gasteiger partial charge >= 0.3 is 0 Å². The van der Waals surface area contributed by atoms with Gasteiger partial charge in [-0.3, -0.25) is 0 Å². The van der Waals surface area contributed by atoms with Crippen LogP contribution in [0.15, 0.2) is 42.0 Å². The van der Waals surface area contributed by atoms with Gasteiger partial charge in [0.1, 0.15) is 0 Å². The highest BCUT2D eigenvalue weighted by atomic mass is 14.3. The van der Waals surface area contributed by atoms with Gasteiger partial charge in [-0.05, 0) is 31.9 Å². The molecule has 0 fully saturated rings. The standard InChI is InChI=1S/C14H17N/c1-11(2)7-8-14(10-15)13-6-4-5-12(3)9-13/h4-10,15H,1-3H3/b14-8+,15-10?. The molecule has 0 amide bonds. The van der Waals surface area contributed by atoms with Crippen molar-refractivity contribution in [2.75, 3.05) is 0 Å². The number of allylic oxidation sites excluding steroid dienone is 4. The third-order valence-corrected chi connectivity index (χ3v) is 2.10. The Morgan fingerprint density at radius 2 is 1.93 bits per heavy atom. The van der Waals surface area contributed by atoms with Crippen LogP contribution in [0.4, 0.5) is 0 Å². The predicted octanol–water partition coefficient (Wildman–Crippen LogP) is 3.99. The zero-order chi connectivity index (χ0) is 11.3. The molecule has 0 aliphatic rings. The molecule has 0 radical (unpaired) electrons. The lowest BCUT2D eigenvalue weighted by atomic mass is 10.0. The average molecular weight is 199 g/mol. The summed E-state index contributed by atoms with van der Waals surface area (Å²) in [6.07, 6.45) is 5.41. The van der Waals surface area contributed by atoms with Crippen molar-refractivity contribution in [3.63, 3.8) is 0 Å². The molecule has 0 bridgehead atoms. The van der Waals surface area contributed by atoms with Gasteiger partial charge in [-0.2, -0.15) is 0 Å². The molecule has 0 saturated heterocycles. The molecule has 0 unspecified atom stereocenters. The smallest absolute Gasteiger partial charge is 0.0256 e. The van der Waals surface area contributed by atoms with Crippen molar-refractivity contribution < 1.29 is 0 Å². The van der Waals surface area contributed by atoms with Crippen LogP contribution in [-0.2, 0) is 0 Å². The number of nitrogens with one attached hydrogen (secondary N) is 1. The number of hydrogen-bond donors (Lipinski definition) is 1. The molecule has 0 aliphatic heterocycles. The molecule has 1 heteroatoms. The molecule has 1 aromatic rings. The summed E-state index contributed by atoms with van der Waals surface area (Å²) in [4.78, 5) is 0. The number of aryl methyl sites for hydroxylation is 1. The van der Waals surface area contributed by atoms with E-state index in [-0.39, 0.29) is 0 Å². The first-order valence-electron chi connectivity index (χ1n) is 5.06. The van der Waals surface area contributed by atoms with Crippen molar-refractivity contribution >= 4 is 11.8 Å². The zero-order valence-electron chi connectivity index (χ0n) is 9.54. The second-order valence-electron chi connectivity index (χ2n) is 3.88. The minimum atomic E-state index is 0.944. The van der Waals surface area contributed by atoms with E-state index in [0.717, 1.165) is 11.1 Å². The molecule has 1 nitrogen and oxygen atoms in total. The van der Waals surface area contributed by atoms with E-state index < -0.39 is 0 Å². The first-order chi connectivity index (χ1) is 7.13. The Bertz CT molecular complexity index is 407. The Morgan fingerprint density at radius 1 is 1.20 bits per heavy atom. The average Bonchev–Trinajstić information content (AvgIpc) is 2.18. The molecule has 0 spiro atoms. The summed E-state index contributed by atoms with van der Waals surface area (Å²) in [5.41, 5.74) is 4.50.